The van der Waals surface area contributed by atoms with E-state index in [1.54, 1.807) is 0 Å². The minimum absolute atomic E-state index is 0. The fraction of sp³-hybridized carbons (Fsp3) is 0.647. The summed E-state index contributed by atoms with van der Waals surface area (Å²) in [4.78, 5) is 2.58. The summed E-state index contributed by atoms with van der Waals surface area (Å²) in [6.07, 6.45) is 7.06. The summed E-state index contributed by atoms with van der Waals surface area (Å²) < 4.78 is 0. The van der Waals surface area contributed by atoms with Gasteiger partial charge in [0.1, 0.15) is 0 Å². The molecular weight excluding hydrogens is 305 g/mol. The summed E-state index contributed by atoms with van der Waals surface area (Å²) in [5.41, 5.74) is 1.33. The molecule has 1 saturated heterocycles. The molecule has 0 atom stereocenters. The first kappa shape index (κ1) is 18.8. The van der Waals surface area contributed by atoms with Crippen molar-refractivity contribution >= 4 is 24.0 Å². The van der Waals surface area contributed by atoms with E-state index in [-0.39, 0.29) is 12.4 Å². The smallest absolute Gasteiger partial charge is 0.0440 e. The number of piperidine rings is 1. The second-order valence-electron chi connectivity index (χ2n) is 5.78. The highest BCUT2D eigenvalue weighted by molar-refractivity contribution is 6.31. The molecular formula is C17H27Cl2NO. The summed E-state index contributed by atoms with van der Waals surface area (Å²) >= 11 is 6.29. The van der Waals surface area contributed by atoms with E-state index in [1.807, 2.05) is 12.1 Å². The quantitative estimate of drug-likeness (QED) is 0.744. The predicted molar refractivity (Wildman–Crippen MR) is 92.7 cm³/mol. The van der Waals surface area contributed by atoms with Crippen LogP contribution in [-0.2, 0) is 0 Å². The molecule has 0 aliphatic carbocycles. The summed E-state index contributed by atoms with van der Waals surface area (Å²) in [7, 11) is 0. The first-order valence-corrected chi connectivity index (χ1v) is 8.26. The Labute approximate surface area is 139 Å². The van der Waals surface area contributed by atoms with Crippen molar-refractivity contribution in [2.75, 3.05) is 26.2 Å². The fourth-order valence-corrected chi connectivity index (χ4v) is 3.36. The van der Waals surface area contributed by atoms with Crippen LogP contribution < -0.4 is 0 Å². The second kappa shape index (κ2) is 10.4. The molecule has 1 aliphatic heterocycles. The lowest BCUT2D eigenvalue weighted by Crippen LogP contribution is -2.33. The van der Waals surface area contributed by atoms with Crippen LogP contribution in [0.5, 0.6) is 0 Å². The van der Waals surface area contributed by atoms with Gasteiger partial charge < -0.3 is 10.0 Å². The Bertz CT molecular complexity index is 392. The van der Waals surface area contributed by atoms with Crippen LogP contribution in [0.1, 0.15) is 50.0 Å². The van der Waals surface area contributed by atoms with Crippen LogP contribution in [0.25, 0.3) is 0 Å². The number of unbranched alkanes of at least 4 members (excludes halogenated alkanes) is 3. The minimum Gasteiger partial charge on any atom is -0.396 e. The predicted octanol–water partition coefficient (Wildman–Crippen LogP) is 4.49. The van der Waals surface area contributed by atoms with Crippen molar-refractivity contribution < 1.29 is 5.11 Å². The molecule has 1 heterocycles. The summed E-state index contributed by atoms with van der Waals surface area (Å²) in [6.45, 7) is 3.93. The molecule has 1 aliphatic rings. The summed E-state index contributed by atoms with van der Waals surface area (Å²) in [5, 5.41) is 9.68. The van der Waals surface area contributed by atoms with Crippen molar-refractivity contribution in [3.8, 4) is 0 Å². The van der Waals surface area contributed by atoms with Crippen LogP contribution in [0.3, 0.4) is 0 Å². The molecule has 2 rings (SSSR count). The lowest BCUT2D eigenvalue weighted by Gasteiger charge is -2.32. The zero-order chi connectivity index (χ0) is 14.2. The van der Waals surface area contributed by atoms with E-state index in [1.165, 1.54) is 50.9 Å². The van der Waals surface area contributed by atoms with E-state index in [4.69, 9.17) is 16.7 Å². The average Bonchev–Trinajstić information content (AvgIpc) is 2.48. The lowest BCUT2D eigenvalue weighted by molar-refractivity contribution is 0.207. The standard InChI is InChI=1S/C17H26ClNO.ClH/c18-17-8-4-3-7-16(17)15-9-12-19(13-10-15)11-5-1-2-6-14-20;/h3-4,7-8,15,20H,1-2,5-6,9-14H2;1H. The first-order valence-electron chi connectivity index (χ1n) is 7.89. The number of hydrogen-bond donors (Lipinski definition) is 1. The van der Waals surface area contributed by atoms with Crippen LogP contribution in [0.2, 0.25) is 5.02 Å². The van der Waals surface area contributed by atoms with Crippen molar-refractivity contribution in [2.45, 2.75) is 44.4 Å². The van der Waals surface area contributed by atoms with E-state index in [2.05, 4.69) is 17.0 Å². The highest BCUT2D eigenvalue weighted by Gasteiger charge is 2.21. The van der Waals surface area contributed by atoms with Gasteiger partial charge in [0, 0.05) is 11.6 Å². The largest absolute Gasteiger partial charge is 0.396 e. The number of benzene rings is 1. The number of nitrogens with zero attached hydrogens (tertiary/aromatic N) is 1. The van der Waals surface area contributed by atoms with Gasteiger partial charge in [0.05, 0.1) is 0 Å². The highest BCUT2D eigenvalue weighted by atomic mass is 35.5. The molecule has 120 valence electrons. The number of aliphatic hydroxyl groups is 1. The second-order valence-corrected chi connectivity index (χ2v) is 6.18. The number of aliphatic hydroxyl groups excluding tert-OH is 1. The molecule has 1 N–H and O–H groups in total. The van der Waals surface area contributed by atoms with Crippen LogP contribution in [0.15, 0.2) is 24.3 Å². The van der Waals surface area contributed by atoms with Gasteiger partial charge in [-0.3, -0.25) is 0 Å². The summed E-state index contributed by atoms with van der Waals surface area (Å²) in [5.74, 6) is 0.634. The fourth-order valence-electron chi connectivity index (χ4n) is 3.07. The zero-order valence-electron chi connectivity index (χ0n) is 12.6. The third-order valence-electron chi connectivity index (χ3n) is 4.32. The molecule has 0 spiro atoms. The molecule has 2 nitrogen and oxygen atoms in total. The van der Waals surface area contributed by atoms with Crippen molar-refractivity contribution in [1.29, 1.82) is 0 Å². The Morgan fingerprint density at radius 2 is 1.71 bits per heavy atom. The van der Waals surface area contributed by atoms with Crippen molar-refractivity contribution in [2.24, 2.45) is 0 Å². The SMILES string of the molecule is Cl.OCCCCCCN1CCC(c2ccccc2Cl)CC1. The molecule has 0 saturated carbocycles. The molecule has 0 bridgehead atoms. The third-order valence-corrected chi connectivity index (χ3v) is 4.66. The number of likely N-dealkylation sites (tertiary alicyclic amines) is 1. The van der Waals surface area contributed by atoms with Crippen molar-refractivity contribution in [1.82, 2.24) is 4.90 Å². The highest BCUT2D eigenvalue weighted by Crippen LogP contribution is 2.32. The van der Waals surface area contributed by atoms with Crippen molar-refractivity contribution in [3.63, 3.8) is 0 Å². The topological polar surface area (TPSA) is 23.5 Å². The van der Waals surface area contributed by atoms with Gasteiger partial charge in [0.25, 0.3) is 0 Å². The normalized spacial score (nSPS) is 16.7. The van der Waals surface area contributed by atoms with Crippen LogP contribution >= 0.6 is 24.0 Å². The maximum Gasteiger partial charge on any atom is 0.0440 e. The Hall–Kier alpha value is -0.280. The van der Waals surface area contributed by atoms with E-state index in [9.17, 15) is 0 Å². The maximum atomic E-state index is 8.75. The Balaban J connectivity index is 0.00000220. The van der Waals surface area contributed by atoms with Crippen LogP contribution in [0.4, 0.5) is 0 Å². The average molecular weight is 332 g/mol. The van der Waals surface area contributed by atoms with E-state index in [0.29, 0.717) is 12.5 Å². The molecule has 1 fully saturated rings. The van der Waals surface area contributed by atoms with E-state index >= 15 is 0 Å². The molecule has 0 unspecified atom stereocenters. The van der Waals surface area contributed by atoms with Gasteiger partial charge in [0.2, 0.25) is 0 Å². The van der Waals surface area contributed by atoms with Gasteiger partial charge in [-0.05, 0) is 62.9 Å². The van der Waals surface area contributed by atoms with Gasteiger partial charge in [-0.15, -0.1) is 12.4 Å². The van der Waals surface area contributed by atoms with Gasteiger partial charge in [-0.25, -0.2) is 0 Å². The van der Waals surface area contributed by atoms with Gasteiger partial charge >= 0.3 is 0 Å². The lowest BCUT2D eigenvalue weighted by atomic mass is 9.89. The molecule has 0 amide bonds. The van der Waals surface area contributed by atoms with E-state index < -0.39 is 0 Å². The molecule has 0 aromatic heterocycles. The maximum absolute atomic E-state index is 8.75. The van der Waals surface area contributed by atoms with Crippen LogP contribution in [-0.4, -0.2) is 36.2 Å². The molecule has 0 radical (unpaired) electrons. The minimum atomic E-state index is 0. The Morgan fingerprint density at radius 1 is 1.05 bits per heavy atom. The Morgan fingerprint density at radius 3 is 2.38 bits per heavy atom. The first-order chi connectivity index (χ1) is 9.81. The van der Waals surface area contributed by atoms with Gasteiger partial charge in [0.15, 0.2) is 0 Å². The van der Waals surface area contributed by atoms with Gasteiger partial charge in [-0.1, -0.05) is 42.6 Å². The van der Waals surface area contributed by atoms with E-state index in [0.717, 1.165) is 17.9 Å². The van der Waals surface area contributed by atoms with Crippen molar-refractivity contribution in [3.05, 3.63) is 34.9 Å². The monoisotopic (exact) mass is 331 g/mol. The Kier molecular flexibility index (Phi) is 9.34. The number of hydrogen-bond acceptors (Lipinski definition) is 2. The number of halogens is 2. The van der Waals surface area contributed by atoms with Gasteiger partial charge in [-0.2, -0.15) is 0 Å². The number of rotatable bonds is 7. The molecule has 1 aromatic rings. The molecule has 4 heteroatoms. The zero-order valence-corrected chi connectivity index (χ0v) is 14.2. The molecule has 21 heavy (non-hydrogen) atoms. The molecule has 1 aromatic carbocycles. The summed E-state index contributed by atoms with van der Waals surface area (Å²) in [6, 6.07) is 8.28. The van der Waals surface area contributed by atoms with Crippen LogP contribution in [0, 0.1) is 0 Å². The third kappa shape index (κ3) is 6.15.